The molecule has 1 aliphatic rings. The molecule has 0 aliphatic carbocycles. The number of hydrogen-bond acceptors (Lipinski definition) is 5. The number of rotatable bonds is 4. The Morgan fingerprint density at radius 2 is 2.09 bits per heavy atom. The molecule has 3 rings (SSSR count). The lowest BCUT2D eigenvalue weighted by molar-refractivity contribution is 0.203. The van der Waals surface area contributed by atoms with Crippen molar-refractivity contribution in [2.24, 2.45) is 13.0 Å². The number of aryl methyl sites for hydroxylation is 1. The minimum atomic E-state index is 0.272. The average Bonchev–Trinajstić information content (AvgIpc) is 3.01. The van der Waals surface area contributed by atoms with Crippen LogP contribution in [0.2, 0.25) is 0 Å². The number of nitrogens with zero attached hydrogens (tertiary/aromatic N) is 3. The van der Waals surface area contributed by atoms with Gasteiger partial charge in [-0.15, -0.1) is 0 Å². The summed E-state index contributed by atoms with van der Waals surface area (Å²) in [7, 11) is 3.54. The molecule has 0 atom stereocenters. The zero-order valence-corrected chi connectivity index (χ0v) is 13.7. The predicted octanol–water partition coefficient (Wildman–Crippen LogP) is 1.89. The Kier molecular flexibility index (Phi) is 4.43. The number of nitrogen functional groups attached to an aromatic ring is 1. The summed E-state index contributed by atoms with van der Waals surface area (Å²) in [4.78, 5) is 2.34. The predicted molar refractivity (Wildman–Crippen MR) is 91.6 cm³/mol. The molecule has 2 aromatic rings. The third-order valence-electron chi connectivity index (χ3n) is 4.58. The Labute approximate surface area is 136 Å². The van der Waals surface area contributed by atoms with E-state index in [9.17, 15) is 5.11 Å². The summed E-state index contributed by atoms with van der Waals surface area (Å²) in [5.41, 5.74) is 9.96. The van der Waals surface area contributed by atoms with Gasteiger partial charge in [-0.05, 0) is 24.8 Å². The number of methoxy groups -OCH3 is 1. The van der Waals surface area contributed by atoms with Crippen LogP contribution < -0.4 is 15.4 Å². The molecule has 1 aliphatic heterocycles. The maximum absolute atomic E-state index is 9.34. The van der Waals surface area contributed by atoms with Crippen molar-refractivity contribution in [2.75, 3.05) is 37.4 Å². The maximum Gasteiger partial charge on any atom is 0.143 e. The van der Waals surface area contributed by atoms with Crippen LogP contribution in [-0.4, -0.2) is 41.7 Å². The molecule has 0 bridgehead atoms. The van der Waals surface area contributed by atoms with Crippen LogP contribution in [0.5, 0.6) is 5.75 Å². The number of aliphatic hydroxyl groups is 1. The van der Waals surface area contributed by atoms with Gasteiger partial charge in [-0.1, -0.05) is 0 Å². The van der Waals surface area contributed by atoms with Gasteiger partial charge >= 0.3 is 0 Å². The number of aliphatic hydroxyl groups excluding tert-OH is 1. The summed E-state index contributed by atoms with van der Waals surface area (Å²) in [6, 6.07) is 3.97. The normalized spacial score (nSPS) is 15.9. The molecule has 0 unspecified atom stereocenters. The van der Waals surface area contributed by atoms with E-state index in [-0.39, 0.29) is 6.61 Å². The highest BCUT2D eigenvalue weighted by molar-refractivity contribution is 5.83. The summed E-state index contributed by atoms with van der Waals surface area (Å²) in [5.74, 6) is 1.10. The van der Waals surface area contributed by atoms with Gasteiger partial charge in [-0.3, -0.25) is 4.68 Å². The largest absolute Gasteiger partial charge is 0.495 e. The Hall–Kier alpha value is -2.21. The summed E-state index contributed by atoms with van der Waals surface area (Å²) in [6.07, 6.45) is 5.84. The quantitative estimate of drug-likeness (QED) is 0.842. The van der Waals surface area contributed by atoms with Crippen molar-refractivity contribution in [3.05, 3.63) is 24.5 Å². The van der Waals surface area contributed by atoms with E-state index in [0.717, 1.165) is 42.7 Å². The van der Waals surface area contributed by atoms with Crippen molar-refractivity contribution in [2.45, 2.75) is 12.8 Å². The molecule has 3 N–H and O–H groups in total. The van der Waals surface area contributed by atoms with Gasteiger partial charge in [0, 0.05) is 55.8 Å². The standard InChI is InChI=1S/C17H24N4O2/c1-20-10-13(9-19-20)14-7-15(18)17(23-2)8-16(14)21-5-3-12(11-22)4-6-21/h7-10,12,22H,3-6,11,18H2,1-2H3. The lowest BCUT2D eigenvalue weighted by Gasteiger charge is -2.34. The highest BCUT2D eigenvalue weighted by Crippen LogP contribution is 2.39. The minimum absolute atomic E-state index is 0.272. The fraction of sp³-hybridized carbons (Fsp3) is 0.471. The smallest absolute Gasteiger partial charge is 0.143 e. The molecule has 6 heteroatoms. The molecule has 0 radical (unpaired) electrons. The third kappa shape index (κ3) is 3.12. The van der Waals surface area contributed by atoms with Crippen LogP contribution >= 0.6 is 0 Å². The first-order valence-electron chi connectivity index (χ1n) is 7.94. The summed E-state index contributed by atoms with van der Waals surface area (Å²) >= 11 is 0. The third-order valence-corrected chi connectivity index (χ3v) is 4.58. The van der Waals surface area contributed by atoms with Gasteiger partial charge < -0.3 is 20.5 Å². The number of anilines is 2. The second-order valence-corrected chi connectivity index (χ2v) is 6.13. The number of nitrogens with two attached hydrogens (primary N) is 1. The van der Waals surface area contributed by atoms with Crippen LogP contribution in [0.25, 0.3) is 11.1 Å². The first kappa shape index (κ1) is 15.7. The zero-order chi connectivity index (χ0) is 16.4. The van der Waals surface area contributed by atoms with E-state index >= 15 is 0 Å². The highest BCUT2D eigenvalue weighted by atomic mass is 16.5. The van der Waals surface area contributed by atoms with E-state index in [0.29, 0.717) is 17.4 Å². The molecule has 0 saturated carbocycles. The van der Waals surface area contributed by atoms with Crippen molar-refractivity contribution in [3.8, 4) is 16.9 Å². The highest BCUT2D eigenvalue weighted by Gasteiger charge is 2.22. The lowest BCUT2D eigenvalue weighted by atomic mass is 9.96. The van der Waals surface area contributed by atoms with Gasteiger partial charge in [-0.25, -0.2) is 0 Å². The van der Waals surface area contributed by atoms with Crippen molar-refractivity contribution < 1.29 is 9.84 Å². The first-order chi connectivity index (χ1) is 11.1. The number of benzene rings is 1. The zero-order valence-electron chi connectivity index (χ0n) is 13.7. The lowest BCUT2D eigenvalue weighted by Crippen LogP contribution is -2.35. The van der Waals surface area contributed by atoms with E-state index in [1.807, 2.05) is 31.6 Å². The summed E-state index contributed by atoms with van der Waals surface area (Å²) in [6.45, 7) is 2.12. The molecule has 0 spiro atoms. The van der Waals surface area contributed by atoms with Crippen LogP contribution in [0.1, 0.15) is 12.8 Å². The fourth-order valence-corrected chi connectivity index (χ4v) is 3.17. The molecular formula is C17H24N4O2. The molecule has 23 heavy (non-hydrogen) atoms. The number of hydrogen-bond donors (Lipinski definition) is 2. The summed E-state index contributed by atoms with van der Waals surface area (Å²) in [5, 5.41) is 13.6. The second-order valence-electron chi connectivity index (χ2n) is 6.13. The molecule has 1 saturated heterocycles. The molecule has 6 nitrogen and oxygen atoms in total. The van der Waals surface area contributed by atoms with Crippen LogP contribution in [0.3, 0.4) is 0 Å². The van der Waals surface area contributed by atoms with Crippen LogP contribution in [0.4, 0.5) is 11.4 Å². The second kappa shape index (κ2) is 6.50. The van der Waals surface area contributed by atoms with Gasteiger partial charge in [0.15, 0.2) is 0 Å². The van der Waals surface area contributed by atoms with Crippen LogP contribution in [0.15, 0.2) is 24.5 Å². The number of piperidine rings is 1. The van der Waals surface area contributed by atoms with Crippen LogP contribution in [0, 0.1) is 5.92 Å². The summed E-state index contributed by atoms with van der Waals surface area (Å²) < 4.78 is 7.19. The van der Waals surface area contributed by atoms with Crippen molar-refractivity contribution in [1.29, 1.82) is 0 Å². The SMILES string of the molecule is COc1cc(N2CCC(CO)CC2)c(-c2cnn(C)c2)cc1N. The van der Waals surface area contributed by atoms with E-state index < -0.39 is 0 Å². The molecule has 1 fully saturated rings. The van der Waals surface area contributed by atoms with Gasteiger partial charge in [0.25, 0.3) is 0 Å². The van der Waals surface area contributed by atoms with Gasteiger partial charge in [0.05, 0.1) is 19.0 Å². The topological polar surface area (TPSA) is 76.5 Å². The minimum Gasteiger partial charge on any atom is -0.495 e. The van der Waals surface area contributed by atoms with E-state index in [2.05, 4.69) is 10.00 Å². The first-order valence-corrected chi connectivity index (χ1v) is 7.94. The maximum atomic E-state index is 9.34. The monoisotopic (exact) mass is 316 g/mol. The van der Waals surface area contributed by atoms with Crippen LogP contribution in [-0.2, 0) is 7.05 Å². The number of ether oxygens (including phenoxy) is 1. The van der Waals surface area contributed by atoms with E-state index in [1.54, 1.807) is 11.8 Å². The molecule has 2 heterocycles. The fourth-order valence-electron chi connectivity index (χ4n) is 3.17. The van der Waals surface area contributed by atoms with Gasteiger partial charge in [0.2, 0.25) is 0 Å². The van der Waals surface area contributed by atoms with Crippen molar-refractivity contribution >= 4 is 11.4 Å². The Bertz CT molecular complexity index is 675. The molecule has 1 aromatic carbocycles. The van der Waals surface area contributed by atoms with E-state index in [4.69, 9.17) is 10.5 Å². The number of aromatic nitrogens is 2. The average molecular weight is 316 g/mol. The Morgan fingerprint density at radius 1 is 1.35 bits per heavy atom. The Balaban J connectivity index is 2.00. The van der Waals surface area contributed by atoms with E-state index in [1.165, 1.54) is 0 Å². The van der Waals surface area contributed by atoms with Gasteiger partial charge in [0.1, 0.15) is 5.75 Å². The van der Waals surface area contributed by atoms with Crippen molar-refractivity contribution in [1.82, 2.24) is 9.78 Å². The Morgan fingerprint density at radius 3 is 2.65 bits per heavy atom. The molecular weight excluding hydrogens is 292 g/mol. The van der Waals surface area contributed by atoms with Gasteiger partial charge in [-0.2, -0.15) is 5.10 Å². The van der Waals surface area contributed by atoms with Crippen molar-refractivity contribution in [3.63, 3.8) is 0 Å². The molecule has 0 amide bonds. The molecule has 124 valence electrons. The molecule has 1 aromatic heterocycles.